The maximum Gasteiger partial charge on any atom is 0.191 e. The highest BCUT2D eigenvalue weighted by Crippen LogP contribution is 2.16. The fourth-order valence-corrected chi connectivity index (χ4v) is 2.50. The van der Waals surface area contributed by atoms with Crippen LogP contribution in [0, 0.1) is 0 Å². The zero-order valence-corrected chi connectivity index (χ0v) is 15.6. The summed E-state index contributed by atoms with van der Waals surface area (Å²) in [5, 5.41) is 14.8. The van der Waals surface area contributed by atoms with Gasteiger partial charge in [-0.15, -0.1) is 10.2 Å². The van der Waals surface area contributed by atoms with Gasteiger partial charge in [0.2, 0.25) is 0 Å². The van der Waals surface area contributed by atoms with Crippen molar-refractivity contribution in [3.8, 4) is 11.5 Å². The molecule has 0 bridgehead atoms. The second-order valence-electron chi connectivity index (χ2n) is 5.69. The molecule has 0 atom stereocenters. The van der Waals surface area contributed by atoms with Gasteiger partial charge in [0.1, 0.15) is 24.7 Å². The molecule has 1 aromatic carbocycles. The van der Waals surface area contributed by atoms with Gasteiger partial charge in [-0.05, 0) is 43.3 Å². The molecule has 0 aliphatic heterocycles. The number of ether oxygens (including phenoxy) is 2. The zero-order valence-electron chi connectivity index (χ0n) is 15.6. The molecule has 0 radical (unpaired) electrons. The molecule has 3 rings (SSSR count). The summed E-state index contributed by atoms with van der Waals surface area (Å²) in [6.45, 7) is 4.37. The summed E-state index contributed by atoms with van der Waals surface area (Å²) in [6.07, 6.45) is 1.93. The number of pyridine rings is 1. The Morgan fingerprint density at radius 3 is 2.67 bits per heavy atom. The van der Waals surface area contributed by atoms with Crippen molar-refractivity contribution in [3.05, 3.63) is 54.5 Å². The van der Waals surface area contributed by atoms with Crippen molar-refractivity contribution in [3.63, 3.8) is 0 Å². The number of fused-ring (bicyclic) bond motifs is 1. The van der Waals surface area contributed by atoms with Crippen LogP contribution in [0.1, 0.15) is 12.7 Å². The molecule has 142 valence electrons. The van der Waals surface area contributed by atoms with Gasteiger partial charge in [0, 0.05) is 12.7 Å². The first kappa shape index (κ1) is 18.5. The van der Waals surface area contributed by atoms with Crippen LogP contribution in [-0.2, 0) is 6.54 Å². The molecule has 2 heterocycles. The summed E-state index contributed by atoms with van der Waals surface area (Å²) in [5.74, 6) is 3.11. The van der Waals surface area contributed by atoms with E-state index < -0.39 is 0 Å². The van der Waals surface area contributed by atoms with Gasteiger partial charge in [-0.1, -0.05) is 6.07 Å². The van der Waals surface area contributed by atoms with Gasteiger partial charge in [0.05, 0.1) is 13.7 Å². The topological polar surface area (TPSA) is 85.1 Å². The minimum Gasteiger partial charge on any atom is -0.497 e. The van der Waals surface area contributed by atoms with Crippen LogP contribution < -0.4 is 20.1 Å². The number of nitrogens with zero attached hydrogens (tertiary/aromatic N) is 4. The van der Waals surface area contributed by atoms with E-state index in [1.807, 2.05) is 60.0 Å². The second-order valence-corrected chi connectivity index (χ2v) is 5.69. The van der Waals surface area contributed by atoms with Gasteiger partial charge in [0.15, 0.2) is 17.4 Å². The highest BCUT2D eigenvalue weighted by molar-refractivity contribution is 5.79. The SMILES string of the molecule is CCNC(=NCc1nnc2ccccn12)NCCOc1ccc(OC)cc1. The normalized spacial score (nSPS) is 11.4. The average molecular weight is 368 g/mol. The summed E-state index contributed by atoms with van der Waals surface area (Å²) < 4.78 is 12.8. The van der Waals surface area contributed by atoms with E-state index in [9.17, 15) is 0 Å². The minimum atomic E-state index is 0.430. The molecule has 0 aliphatic rings. The fourth-order valence-electron chi connectivity index (χ4n) is 2.50. The van der Waals surface area contributed by atoms with E-state index in [2.05, 4.69) is 25.8 Å². The fraction of sp³-hybridized carbons (Fsp3) is 0.316. The smallest absolute Gasteiger partial charge is 0.191 e. The quantitative estimate of drug-likeness (QED) is 0.359. The molecule has 8 heteroatoms. The summed E-state index contributed by atoms with van der Waals surface area (Å²) in [5.41, 5.74) is 0.813. The van der Waals surface area contributed by atoms with Crippen LogP contribution in [-0.4, -0.2) is 47.4 Å². The molecule has 2 aromatic heterocycles. The number of guanidine groups is 1. The number of aromatic nitrogens is 3. The van der Waals surface area contributed by atoms with E-state index in [-0.39, 0.29) is 0 Å². The maximum absolute atomic E-state index is 5.71. The Hall–Kier alpha value is -3.29. The predicted octanol–water partition coefficient (Wildman–Crippen LogP) is 1.87. The number of nitrogens with one attached hydrogen (secondary N) is 2. The van der Waals surface area contributed by atoms with Crippen molar-refractivity contribution in [1.82, 2.24) is 25.2 Å². The Labute approximate surface area is 158 Å². The number of benzene rings is 1. The van der Waals surface area contributed by atoms with E-state index >= 15 is 0 Å². The first-order chi connectivity index (χ1) is 13.3. The Balaban J connectivity index is 1.51. The van der Waals surface area contributed by atoms with E-state index in [0.717, 1.165) is 29.5 Å². The lowest BCUT2D eigenvalue weighted by molar-refractivity contribution is 0.321. The molecule has 27 heavy (non-hydrogen) atoms. The van der Waals surface area contributed by atoms with Crippen molar-refractivity contribution in [2.24, 2.45) is 4.99 Å². The van der Waals surface area contributed by atoms with E-state index in [0.29, 0.717) is 25.7 Å². The van der Waals surface area contributed by atoms with Crippen LogP contribution in [0.25, 0.3) is 5.65 Å². The van der Waals surface area contributed by atoms with E-state index in [4.69, 9.17) is 9.47 Å². The monoisotopic (exact) mass is 368 g/mol. The van der Waals surface area contributed by atoms with Crippen LogP contribution in [0.3, 0.4) is 0 Å². The van der Waals surface area contributed by atoms with Gasteiger partial charge < -0.3 is 20.1 Å². The summed E-state index contributed by atoms with van der Waals surface area (Å²) in [6, 6.07) is 13.3. The van der Waals surface area contributed by atoms with Crippen LogP contribution in [0.2, 0.25) is 0 Å². The van der Waals surface area contributed by atoms with Crippen molar-refractivity contribution in [2.75, 3.05) is 26.8 Å². The largest absolute Gasteiger partial charge is 0.497 e. The van der Waals surface area contributed by atoms with Crippen molar-refractivity contribution in [1.29, 1.82) is 0 Å². The molecular weight excluding hydrogens is 344 g/mol. The lowest BCUT2D eigenvalue weighted by Crippen LogP contribution is -2.39. The molecular formula is C19H24N6O2. The lowest BCUT2D eigenvalue weighted by atomic mass is 10.3. The zero-order chi connectivity index (χ0) is 18.9. The Kier molecular flexibility index (Phi) is 6.45. The van der Waals surface area contributed by atoms with Gasteiger partial charge in [-0.3, -0.25) is 4.40 Å². The molecule has 0 saturated heterocycles. The predicted molar refractivity (Wildman–Crippen MR) is 104 cm³/mol. The van der Waals surface area contributed by atoms with Gasteiger partial charge >= 0.3 is 0 Å². The highest BCUT2D eigenvalue weighted by atomic mass is 16.5. The van der Waals surface area contributed by atoms with Crippen LogP contribution in [0.15, 0.2) is 53.7 Å². The molecule has 0 aliphatic carbocycles. The molecule has 0 fully saturated rings. The van der Waals surface area contributed by atoms with E-state index in [1.165, 1.54) is 0 Å². The van der Waals surface area contributed by atoms with Crippen molar-refractivity contribution in [2.45, 2.75) is 13.5 Å². The number of rotatable bonds is 8. The third-order valence-corrected chi connectivity index (χ3v) is 3.83. The van der Waals surface area contributed by atoms with Crippen molar-refractivity contribution < 1.29 is 9.47 Å². The van der Waals surface area contributed by atoms with Crippen molar-refractivity contribution >= 4 is 11.6 Å². The second kappa shape index (κ2) is 9.42. The standard InChI is InChI=1S/C19H24N6O2/c1-3-20-19(21-11-13-27-16-9-7-15(26-2)8-10-16)22-14-18-24-23-17-6-4-5-12-25(17)18/h4-10,12H,3,11,13-14H2,1-2H3,(H2,20,21,22). The maximum atomic E-state index is 5.71. The van der Waals surface area contributed by atoms with Crippen LogP contribution in [0.4, 0.5) is 0 Å². The number of hydrogen-bond acceptors (Lipinski definition) is 5. The first-order valence-corrected chi connectivity index (χ1v) is 8.88. The van der Waals surface area contributed by atoms with E-state index in [1.54, 1.807) is 7.11 Å². The van der Waals surface area contributed by atoms with Crippen LogP contribution in [0.5, 0.6) is 11.5 Å². The van der Waals surface area contributed by atoms with Gasteiger partial charge in [-0.25, -0.2) is 4.99 Å². The average Bonchev–Trinajstić information content (AvgIpc) is 3.13. The Bertz CT molecular complexity index is 875. The number of hydrogen-bond donors (Lipinski definition) is 2. The molecule has 2 N–H and O–H groups in total. The number of aliphatic imine (C=N–C) groups is 1. The third kappa shape index (κ3) is 5.10. The first-order valence-electron chi connectivity index (χ1n) is 8.88. The number of methoxy groups -OCH3 is 1. The molecule has 8 nitrogen and oxygen atoms in total. The third-order valence-electron chi connectivity index (χ3n) is 3.83. The summed E-state index contributed by atoms with van der Waals surface area (Å²) >= 11 is 0. The summed E-state index contributed by atoms with van der Waals surface area (Å²) in [4.78, 5) is 4.57. The van der Waals surface area contributed by atoms with Gasteiger partial charge in [-0.2, -0.15) is 0 Å². The molecule has 0 amide bonds. The Morgan fingerprint density at radius 1 is 1.07 bits per heavy atom. The lowest BCUT2D eigenvalue weighted by Gasteiger charge is -2.12. The highest BCUT2D eigenvalue weighted by Gasteiger charge is 2.04. The Morgan fingerprint density at radius 2 is 1.89 bits per heavy atom. The minimum absolute atomic E-state index is 0.430. The molecule has 0 saturated carbocycles. The molecule has 0 unspecified atom stereocenters. The van der Waals surface area contributed by atoms with Gasteiger partial charge in [0.25, 0.3) is 0 Å². The molecule has 3 aromatic rings. The summed E-state index contributed by atoms with van der Waals surface area (Å²) in [7, 11) is 1.64. The van der Waals surface area contributed by atoms with Crippen LogP contribution >= 0.6 is 0 Å². The molecule has 0 spiro atoms.